The molecule has 0 saturated carbocycles. The smallest absolute Gasteiger partial charge is 0.159 e. The van der Waals surface area contributed by atoms with Gasteiger partial charge in [0.1, 0.15) is 23.2 Å². The van der Waals surface area contributed by atoms with Crippen molar-refractivity contribution in [2.24, 2.45) is 9.98 Å². The molecule has 2 aliphatic rings. The van der Waals surface area contributed by atoms with Gasteiger partial charge in [0, 0.05) is 48.6 Å². The fourth-order valence-corrected chi connectivity index (χ4v) is 9.96. The van der Waals surface area contributed by atoms with E-state index in [1.165, 1.54) is 25.9 Å². The minimum absolute atomic E-state index is 0.292. The first-order valence-electron chi connectivity index (χ1n) is 19.8. The van der Waals surface area contributed by atoms with E-state index in [1.807, 2.05) is 47.7 Å². The highest BCUT2D eigenvalue weighted by Crippen LogP contribution is 2.50. The molecular weight excluding hydrogens is 741 g/mol. The first kappa shape index (κ1) is 33.6. The van der Waals surface area contributed by atoms with Gasteiger partial charge in [-0.3, -0.25) is 0 Å². The van der Waals surface area contributed by atoms with Crippen molar-refractivity contribution in [1.29, 1.82) is 0 Å². The zero-order valence-electron chi connectivity index (χ0n) is 31.7. The summed E-state index contributed by atoms with van der Waals surface area (Å²) in [6, 6.07) is 64.2. The summed E-state index contributed by atoms with van der Waals surface area (Å²) in [4.78, 5) is 12.7. The Hall–Kier alpha value is -7.54. The van der Waals surface area contributed by atoms with Crippen LogP contribution in [0.15, 0.2) is 196 Å². The highest BCUT2D eigenvalue weighted by Gasteiger charge is 2.27. The van der Waals surface area contributed by atoms with Crippen molar-refractivity contribution in [2.45, 2.75) is 6.17 Å². The topological polar surface area (TPSA) is 53.1 Å². The van der Waals surface area contributed by atoms with Gasteiger partial charge in [0.2, 0.25) is 0 Å². The molecule has 2 aliphatic heterocycles. The summed E-state index contributed by atoms with van der Waals surface area (Å²) in [5.41, 5.74) is 12.7. The number of nitrogens with one attached hydrogen (secondary N) is 1. The van der Waals surface area contributed by atoms with Crippen LogP contribution >= 0.6 is 11.3 Å². The Balaban J connectivity index is 1.05. The fourth-order valence-electron chi connectivity index (χ4n) is 8.71. The van der Waals surface area contributed by atoms with Crippen molar-refractivity contribution in [3.63, 3.8) is 0 Å². The Morgan fingerprint density at radius 2 is 1.31 bits per heavy atom. The highest BCUT2D eigenvalue weighted by molar-refractivity contribution is 7.26. The first-order chi connectivity index (χ1) is 29.2. The summed E-state index contributed by atoms with van der Waals surface area (Å²) in [5.74, 6) is 1.48. The van der Waals surface area contributed by atoms with Crippen LogP contribution in [0.25, 0.3) is 65.4 Å². The second kappa shape index (κ2) is 13.5. The van der Waals surface area contributed by atoms with Crippen LogP contribution in [-0.2, 0) is 0 Å². The number of amidine groups is 2. The van der Waals surface area contributed by atoms with E-state index in [0.29, 0.717) is 5.84 Å². The lowest BCUT2D eigenvalue weighted by atomic mass is 9.96. The highest BCUT2D eigenvalue weighted by atomic mass is 32.1. The molecule has 59 heavy (non-hydrogen) atoms. The first-order valence-corrected chi connectivity index (χ1v) is 20.7. The van der Waals surface area contributed by atoms with Crippen LogP contribution in [0.2, 0.25) is 0 Å². The molecule has 0 saturated heterocycles. The molecule has 5 nitrogen and oxygen atoms in total. The summed E-state index contributed by atoms with van der Waals surface area (Å²) >= 11 is 1.85. The average Bonchev–Trinajstić information content (AvgIpc) is 3.83. The molecular formula is C53H34N4OS. The molecule has 0 amide bonds. The molecule has 0 radical (unpaired) electrons. The zero-order valence-corrected chi connectivity index (χ0v) is 32.5. The number of fused-ring (bicyclic) bond motifs is 9. The lowest BCUT2D eigenvalue weighted by molar-refractivity contribution is 0.669. The van der Waals surface area contributed by atoms with Crippen molar-refractivity contribution < 1.29 is 4.42 Å². The Kier molecular flexibility index (Phi) is 7.71. The number of para-hydroxylation sites is 1. The van der Waals surface area contributed by atoms with Crippen LogP contribution in [0.3, 0.4) is 0 Å². The van der Waals surface area contributed by atoms with E-state index >= 15 is 0 Å². The van der Waals surface area contributed by atoms with Crippen molar-refractivity contribution in [3.8, 4) is 11.1 Å². The molecule has 6 heteroatoms. The van der Waals surface area contributed by atoms with E-state index < -0.39 is 0 Å². The standard InChI is InChI=1S/C53H34N4OS/c1-3-13-34(14-4-1)51-54-52(35-15-5-2-6-16-35)56-53(55-51)38-17-11-18-39(32-38)57-44-30-28-36(40-21-12-23-46-48(40)43-20-7-9-22-45(43)58-46)31-37(44)26-25-33-27-29-42-41-19-8-10-24-47(41)59-50(42)49(33)57/h1-32,51H,(H,54,55,56). The minimum Gasteiger partial charge on any atom is -0.456 e. The number of hydrogen-bond acceptors (Lipinski definition) is 6. The van der Waals surface area contributed by atoms with Crippen LogP contribution < -0.4 is 10.2 Å². The van der Waals surface area contributed by atoms with Crippen LogP contribution in [0.5, 0.6) is 0 Å². The van der Waals surface area contributed by atoms with Gasteiger partial charge in [0.05, 0.1) is 16.1 Å². The molecule has 2 aromatic heterocycles. The Bertz CT molecular complexity index is 3380. The third-order valence-electron chi connectivity index (χ3n) is 11.5. The monoisotopic (exact) mass is 774 g/mol. The van der Waals surface area contributed by atoms with Crippen molar-refractivity contribution in [2.75, 3.05) is 4.90 Å². The predicted octanol–water partition coefficient (Wildman–Crippen LogP) is 14.1. The van der Waals surface area contributed by atoms with Gasteiger partial charge >= 0.3 is 0 Å². The molecule has 1 atom stereocenters. The number of aliphatic imine (C=N–C) groups is 2. The third kappa shape index (κ3) is 5.60. The van der Waals surface area contributed by atoms with Crippen LogP contribution in [0, 0.1) is 0 Å². The van der Waals surface area contributed by atoms with Gasteiger partial charge in [-0.25, -0.2) is 9.98 Å². The van der Waals surface area contributed by atoms with Crippen LogP contribution in [-0.4, -0.2) is 11.7 Å². The molecule has 0 spiro atoms. The summed E-state index contributed by atoms with van der Waals surface area (Å²) < 4.78 is 8.84. The number of furan rings is 1. The molecule has 10 aromatic rings. The van der Waals surface area contributed by atoms with Crippen molar-refractivity contribution in [3.05, 3.63) is 210 Å². The maximum atomic E-state index is 6.31. The van der Waals surface area contributed by atoms with E-state index in [-0.39, 0.29) is 6.17 Å². The van der Waals surface area contributed by atoms with Gasteiger partial charge in [-0.05, 0) is 64.7 Å². The molecule has 4 heterocycles. The van der Waals surface area contributed by atoms with Gasteiger partial charge in [-0.2, -0.15) is 0 Å². The quantitative estimate of drug-likeness (QED) is 0.189. The number of nitrogens with zero attached hydrogens (tertiary/aromatic N) is 3. The largest absolute Gasteiger partial charge is 0.456 e. The molecule has 0 fully saturated rings. The third-order valence-corrected chi connectivity index (χ3v) is 12.7. The van der Waals surface area contributed by atoms with Gasteiger partial charge in [0.15, 0.2) is 5.84 Å². The van der Waals surface area contributed by atoms with Crippen molar-refractivity contribution in [1.82, 2.24) is 5.32 Å². The van der Waals surface area contributed by atoms with Gasteiger partial charge in [-0.15, -0.1) is 11.3 Å². The van der Waals surface area contributed by atoms with Gasteiger partial charge < -0.3 is 14.6 Å². The van der Waals surface area contributed by atoms with Gasteiger partial charge in [-0.1, -0.05) is 152 Å². The number of benzene rings is 8. The van der Waals surface area contributed by atoms with Gasteiger partial charge in [0.25, 0.3) is 0 Å². The molecule has 278 valence electrons. The lowest BCUT2D eigenvalue weighted by Gasteiger charge is -2.29. The average molecular weight is 775 g/mol. The number of hydrogen-bond donors (Lipinski definition) is 1. The summed E-state index contributed by atoms with van der Waals surface area (Å²) in [5, 5.41) is 8.47. The van der Waals surface area contributed by atoms with E-state index in [0.717, 1.165) is 78.1 Å². The number of thiophene rings is 1. The summed E-state index contributed by atoms with van der Waals surface area (Å²) in [6.07, 6.45) is 4.26. The normalized spacial score (nSPS) is 14.8. The molecule has 12 rings (SSSR count). The Morgan fingerprint density at radius 1 is 0.559 bits per heavy atom. The Labute approximate surface area is 344 Å². The zero-order chi connectivity index (χ0) is 38.9. The second-order valence-electron chi connectivity index (χ2n) is 15.0. The number of rotatable bonds is 5. The Morgan fingerprint density at radius 3 is 2.20 bits per heavy atom. The molecule has 8 aromatic carbocycles. The minimum atomic E-state index is -0.292. The van der Waals surface area contributed by atoms with Crippen LogP contribution in [0.1, 0.15) is 34.0 Å². The molecule has 0 bridgehead atoms. The molecule has 1 unspecified atom stereocenters. The van der Waals surface area contributed by atoms with E-state index in [1.54, 1.807) is 0 Å². The lowest BCUT2D eigenvalue weighted by Crippen LogP contribution is -2.33. The maximum absolute atomic E-state index is 6.31. The van der Waals surface area contributed by atoms with E-state index in [4.69, 9.17) is 14.4 Å². The van der Waals surface area contributed by atoms with E-state index in [2.05, 4.69) is 168 Å². The summed E-state index contributed by atoms with van der Waals surface area (Å²) in [6.45, 7) is 0. The summed E-state index contributed by atoms with van der Waals surface area (Å²) in [7, 11) is 0. The van der Waals surface area contributed by atoms with E-state index in [9.17, 15) is 0 Å². The van der Waals surface area contributed by atoms with Crippen LogP contribution in [0.4, 0.5) is 17.1 Å². The molecule has 0 aliphatic carbocycles. The number of anilines is 3. The SMILES string of the molecule is C1=Cc2ccc3c(sc4ccccc43)c2N(c2cccc(C3=NC(c4ccccc4)=NC(c4ccccc4)N3)c2)c2ccc(-c3cccc4oc5ccccc5c34)cc21. The predicted molar refractivity (Wildman–Crippen MR) is 247 cm³/mol. The van der Waals surface area contributed by atoms with Crippen molar-refractivity contribution >= 4 is 94.3 Å². The maximum Gasteiger partial charge on any atom is 0.159 e. The molecule has 1 N–H and O–H groups in total. The second-order valence-corrected chi connectivity index (χ2v) is 16.0. The fraction of sp³-hybridized carbons (Fsp3) is 0.0189.